The second kappa shape index (κ2) is 7.63. The number of carbonyl (C=O) groups excluding carboxylic acids is 2. The van der Waals surface area contributed by atoms with Gasteiger partial charge in [-0.05, 0) is 42.3 Å². The number of nitrogens with one attached hydrogen (secondary N) is 3. The normalized spacial score (nSPS) is 16.0. The van der Waals surface area contributed by atoms with Crippen LogP contribution in [0.25, 0.3) is 0 Å². The molecule has 3 N–H and O–H groups in total. The maximum Gasteiger partial charge on any atom is 0.313 e. The van der Waals surface area contributed by atoms with E-state index >= 15 is 0 Å². The van der Waals surface area contributed by atoms with Crippen molar-refractivity contribution in [3.8, 4) is 0 Å². The molecule has 1 heterocycles. The lowest BCUT2D eigenvalue weighted by Gasteiger charge is -2.27. The van der Waals surface area contributed by atoms with Crippen molar-refractivity contribution in [2.24, 2.45) is 0 Å². The molecule has 1 atom stereocenters. The lowest BCUT2D eigenvalue weighted by Crippen LogP contribution is -2.42. The zero-order chi connectivity index (χ0) is 17.8. The minimum atomic E-state index is -0.856. The minimum Gasteiger partial charge on any atom is -0.346 e. The van der Waals surface area contributed by atoms with Gasteiger partial charge in [0.1, 0.15) is 5.82 Å². The number of anilines is 1. The van der Waals surface area contributed by atoms with Gasteiger partial charge in [-0.1, -0.05) is 35.9 Å². The van der Waals surface area contributed by atoms with E-state index in [1.807, 2.05) is 18.2 Å². The zero-order valence-electron chi connectivity index (χ0n) is 13.3. The summed E-state index contributed by atoms with van der Waals surface area (Å²) in [6.45, 7) is 1.10. The zero-order valence-corrected chi connectivity index (χ0v) is 14.1. The molecule has 7 heteroatoms. The Bertz CT molecular complexity index is 813. The predicted molar refractivity (Wildman–Crippen MR) is 93.9 cm³/mol. The van der Waals surface area contributed by atoms with Crippen LogP contribution in [-0.2, 0) is 16.0 Å². The van der Waals surface area contributed by atoms with E-state index in [2.05, 4.69) is 22.0 Å². The summed E-state index contributed by atoms with van der Waals surface area (Å²) in [5.41, 5.74) is 2.53. The number of rotatable bonds is 3. The standard InChI is InChI=1S/C18H17ClFN3O2/c19-14-6-5-12(9-15(14)20)23-18(25)17(24)22-10-16-13-4-2-1-3-11(13)7-8-21-16/h1-6,9,16,21H,7-8,10H2,(H,22,24)(H,23,25). The van der Waals surface area contributed by atoms with Gasteiger partial charge in [-0.15, -0.1) is 0 Å². The van der Waals surface area contributed by atoms with E-state index < -0.39 is 17.6 Å². The number of fused-ring (bicyclic) bond motifs is 1. The van der Waals surface area contributed by atoms with E-state index in [9.17, 15) is 14.0 Å². The van der Waals surface area contributed by atoms with Gasteiger partial charge in [0.15, 0.2) is 0 Å². The summed E-state index contributed by atoms with van der Waals surface area (Å²) in [6.07, 6.45) is 0.934. The summed E-state index contributed by atoms with van der Waals surface area (Å²) >= 11 is 5.58. The molecule has 1 aliphatic rings. The molecule has 2 amide bonds. The van der Waals surface area contributed by atoms with Crippen molar-refractivity contribution < 1.29 is 14.0 Å². The van der Waals surface area contributed by atoms with Crippen molar-refractivity contribution in [2.75, 3.05) is 18.4 Å². The van der Waals surface area contributed by atoms with Crippen LogP contribution < -0.4 is 16.0 Å². The highest BCUT2D eigenvalue weighted by Gasteiger charge is 2.21. The highest BCUT2D eigenvalue weighted by atomic mass is 35.5. The van der Waals surface area contributed by atoms with E-state index in [1.165, 1.54) is 17.7 Å². The molecule has 0 aromatic heterocycles. The maximum atomic E-state index is 13.4. The number of hydrogen-bond acceptors (Lipinski definition) is 3. The fourth-order valence-corrected chi connectivity index (χ4v) is 2.93. The summed E-state index contributed by atoms with van der Waals surface area (Å²) in [4.78, 5) is 23.9. The lowest BCUT2D eigenvalue weighted by atomic mass is 9.94. The van der Waals surface area contributed by atoms with Crippen LogP contribution in [0.2, 0.25) is 5.02 Å². The van der Waals surface area contributed by atoms with Crippen LogP contribution in [0.1, 0.15) is 17.2 Å². The third-order valence-corrected chi connectivity index (χ3v) is 4.37. The molecule has 0 saturated heterocycles. The van der Waals surface area contributed by atoms with E-state index in [4.69, 9.17) is 11.6 Å². The fourth-order valence-electron chi connectivity index (χ4n) is 2.81. The van der Waals surface area contributed by atoms with Gasteiger partial charge in [0.2, 0.25) is 0 Å². The second-order valence-corrected chi connectivity index (χ2v) is 6.16. The first-order valence-corrected chi connectivity index (χ1v) is 8.28. The molecule has 5 nitrogen and oxygen atoms in total. The van der Waals surface area contributed by atoms with Crippen LogP contribution in [-0.4, -0.2) is 24.9 Å². The maximum absolute atomic E-state index is 13.4. The second-order valence-electron chi connectivity index (χ2n) is 5.75. The van der Waals surface area contributed by atoms with E-state index in [0.717, 1.165) is 24.6 Å². The highest BCUT2D eigenvalue weighted by molar-refractivity contribution is 6.39. The third-order valence-electron chi connectivity index (χ3n) is 4.07. The van der Waals surface area contributed by atoms with Crippen LogP contribution in [0, 0.1) is 5.82 Å². The van der Waals surface area contributed by atoms with Gasteiger partial charge >= 0.3 is 11.8 Å². The van der Waals surface area contributed by atoms with Crippen molar-refractivity contribution in [3.05, 3.63) is 64.4 Å². The molecule has 0 saturated carbocycles. The van der Waals surface area contributed by atoms with Crippen LogP contribution in [0.4, 0.5) is 10.1 Å². The van der Waals surface area contributed by atoms with Crippen molar-refractivity contribution in [3.63, 3.8) is 0 Å². The predicted octanol–water partition coefficient (Wildman–Crippen LogP) is 2.42. The molecule has 25 heavy (non-hydrogen) atoms. The van der Waals surface area contributed by atoms with Crippen molar-refractivity contribution in [1.29, 1.82) is 0 Å². The van der Waals surface area contributed by atoms with Crippen LogP contribution in [0.3, 0.4) is 0 Å². The van der Waals surface area contributed by atoms with Crippen molar-refractivity contribution in [2.45, 2.75) is 12.5 Å². The first kappa shape index (κ1) is 17.4. The highest BCUT2D eigenvalue weighted by Crippen LogP contribution is 2.22. The molecule has 130 valence electrons. The van der Waals surface area contributed by atoms with E-state index in [0.29, 0.717) is 0 Å². The molecule has 0 fully saturated rings. The Kier molecular flexibility index (Phi) is 5.31. The van der Waals surface area contributed by atoms with Gasteiger partial charge in [0, 0.05) is 18.3 Å². The number of halogens is 2. The Balaban J connectivity index is 1.57. The molecule has 2 aromatic carbocycles. The Morgan fingerprint density at radius 2 is 2.00 bits per heavy atom. The van der Waals surface area contributed by atoms with Gasteiger partial charge in [0.25, 0.3) is 0 Å². The van der Waals surface area contributed by atoms with Gasteiger partial charge in [0.05, 0.1) is 5.02 Å². The van der Waals surface area contributed by atoms with Crippen molar-refractivity contribution >= 4 is 29.1 Å². The summed E-state index contributed by atoms with van der Waals surface area (Å²) in [6, 6.07) is 11.8. The molecule has 1 unspecified atom stereocenters. The average Bonchev–Trinajstić information content (AvgIpc) is 2.62. The van der Waals surface area contributed by atoms with Gasteiger partial charge in [-0.3, -0.25) is 9.59 Å². The number of amides is 2. The Morgan fingerprint density at radius 1 is 1.20 bits per heavy atom. The summed E-state index contributed by atoms with van der Waals surface area (Å²) in [5.74, 6) is -2.30. The van der Waals surface area contributed by atoms with Gasteiger partial charge in [-0.25, -0.2) is 4.39 Å². The molecule has 0 radical (unpaired) electrons. The third kappa shape index (κ3) is 4.15. The molecule has 0 bridgehead atoms. The van der Waals surface area contributed by atoms with E-state index in [-0.39, 0.29) is 23.3 Å². The summed E-state index contributed by atoms with van der Waals surface area (Å²) in [5, 5.41) is 8.22. The molecule has 3 rings (SSSR count). The van der Waals surface area contributed by atoms with Crippen LogP contribution in [0.15, 0.2) is 42.5 Å². The summed E-state index contributed by atoms with van der Waals surface area (Å²) < 4.78 is 13.4. The smallest absolute Gasteiger partial charge is 0.313 e. The number of benzene rings is 2. The monoisotopic (exact) mass is 361 g/mol. The fraction of sp³-hybridized carbons (Fsp3) is 0.222. The van der Waals surface area contributed by atoms with Crippen LogP contribution >= 0.6 is 11.6 Å². The Labute approximate surface area is 149 Å². The largest absolute Gasteiger partial charge is 0.346 e. The number of hydrogen-bond donors (Lipinski definition) is 3. The molecular weight excluding hydrogens is 345 g/mol. The quantitative estimate of drug-likeness (QED) is 0.735. The van der Waals surface area contributed by atoms with Gasteiger partial charge < -0.3 is 16.0 Å². The molecular formula is C18H17ClFN3O2. The number of carbonyl (C=O) groups is 2. The summed E-state index contributed by atoms with van der Waals surface area (Å²) in [7, 11) is 0. The molecule has 2 aromatic rings. The topological polar surface area (TPSA) is 70.2 Å². The Morgan fingerprint density at radius 3 is 2.80 bits per heavy atom. The average molecular weight is 362 g/mol. The SMILES string of the molecule is O=C(NCC1NCCc2ccccc21)C(=O)Nc1ccc(Cl)c(F)c1. The van der Waals surface area contributed by atoms with Crippen LogP contribution in [0.5, 0.6) is 0 Å². The Hall–Kier alpha value is -2.44. The molecule has 0 spiro atoms. The first-order chi connectivity index (χ1) is 12.0. The lowest BCUT2D eigenvalue weighted by molar-refractivity contribution is -0.136. The minimum absolute atomic E-state index is 0.0466. The van der Waals surface area contributed by atoms with Gasteiger partial charge in [-0.2, -0.15) is 0 Å². The molecule has 0 aliphatic carbocycles. The molecule has 1 aliphatic heterocycles. The first-order valence-electron chi connectivity index (χ1n) is 7.90. The van der Waals surface area contributed by atoms with Crippen molar-refractivity contribution in [1.82, 2.24) is 10.6 Å². The van der Waals surface area contributed by atoms with E-state index in [1.54, 1.807) is 0 Å².